The molecule has 27 heavy (non-hydrogen) atoms. The number of amides is 1. The first-order valence-electron chi connectivity index (χ1n) is 8.54. The second-order valence-electron chi connectivity index (χ2n) is 6.26. The first-order valence-corrected chi connectivity index (χ1v) is 9.69. The minimum atomic E-state index is -0.835. The summed E-state index contributed by atoms with van der Waals surface area (Å²) in [5.41, 5.74) is 2.62. The number of rotatable bonds is 7. The van der Waals surface area contributed by atoms with Crippen molar-refractivity contribution in [2.24, 2.45) is 5.92 Å². The Balaban J connectivity index is 1.61. The van der Waals surface area contributed by atoms with Crippen LogP contribution in [-0.2, 0) is 21.8 Å². The van der Waals surface area contributed by atoms with E-state index >= 15 is 0 Å². The SMILES string of the molecule is COc1ccc2c(c1)CC(C(=O)Nc1cccc(CSCC(=O)O)c1)CO2. The van der Waals surface area contributed by atoms with Crippen LogP contribution in [0.1, 0.15) is 11.1 Å². The molecule has 0 aliphatic carbocycles. The molecule has 142 valence electrons. The molecule has 0 saturated carbocycles. The number of anilines is 1. The Labute approximate surface area is 161 Å². The zero-order chi connectivity index (χ0) is 19.2. The number of thioether (sulfide) groups is 1. The highest BCUT2D eigenvalue weighted by molar-refractivity contribution is 7.99. The van der Waals surface area contributed by atoms with Gasteiger partial charge in [-0.15, -0.1) is 11.8 Å². The van der Waals surface area contributed by atoms with Crippen molar-refractivity contribution in [1.82, 2.24) is 0 Å². The Kier molecular flexibility index (Phi) is 6.24. The molecule has 0 aromatic heterocycles. The van der Waals surface area contributed by atoms with Crippen molar-refractivity contribution in [3.05, 3.63) is 53.6 Å². The number of carbonyl (C=O) groups excluding carboxylic acids is 1. The quantitative estimate of drug-likeness (QED) is 0.759. The Morgan fingerprint density at radius 3 is 2.93 bits per heavy atom. The molecule has 2 aromatic rings. The minimum Gasteiger partial charge on any atom is -0.497 e. The van der Waals surface area contributed by atoms with Crippen molar-refractivity contribution in [1.29, 1.82) is 0 Å². The van der Waals surface area contributed by atoms with E-state index in [1.54, 1.807) is 7.11 Å². The van der Waals surface area contributed by atoms with Gasteiger partial charge < -0.3 is 19.9 Å². The Hall–Kier alpha value is -2.67. The highest BCUT2D eigenvalue weighted by Crippen LogP contribution is 2.31. The molecule has 2 aromatic carbocycles. The van der Waals surface area contributed by atoms with Crippen LogP contribution in [0, 0.1) is 5.92 Å². The Morgan fingerprint density at radius 1 is 1.30 bits per heavy atom. The van der Waals surface area contributed by atoms with E-state index in [1.165, 1.54) is 11.8 Å². The zero-order valence-corrected chi connectivity index (χ0v) is 15.8. The van der Waals surface area contributed by atoms with E-state index in [0.29, 0.717) is 24.5 Å². The van der Waals surface area contributed by atoms with Gasteiger partial charge in [0.25, 0.3) is 0 Å². The maximum Gasteiger partial charge on any atom is 0.313 e. The number of carboxylic acids is 1. The second-order valence-corrected chi connectivity index (χ2v) is 7.25. The van der Waals surface area contributed by atoms with E-state index in [9.17, 15) is 9.59 Å². The fraction of sp³-hybridized carbons (Fsp3) is 0.300. The largest absolute Gasteiger partial charge is 0.497 e. The number of fused-ring (bicyclic) bond motifs is 1. The highest BCUT2D eigenvalue weighted by Gasteiger charge is 2.26. The van der Waals surface area contributed by atoms with Crippen LogP contribution in [0.15, 0.2) is 42.5 Å². The summed E-state index contributed by atoms with van der Waals surface area (Å²) in [4.78, 5) is 23.2. The van der Waals surface area contributed by atoms with Crippen LogP contribution in [0.2, 0.25) is 0 Å². The molecule has 1 heterocycles. The predicted molar refractivity (Wildman–Crippen MR) is 105 cm³/mol. The van der Waals surface area contributed by atoms with E-state index in [2.05, 4.69) is 5.32 Å². The van der Waals surface area contributed by atoms with Crippen LogP contribution in [0.25, 0.3) is 0 Å². The normalized spacial score (nSPS) is 15.4. The monoisotopic (exact) mass is 387 g/mol. The third-order valence-electron chi connectivity index (χ3n) is 4.23. The second kappa shape index (κ2) is 8.81. The maximum atomic E-state index is 12.6. The van der Waals surface area contributed by atoms with E-state index in [0.717, 1.165) is 22.6 Å². The van der Waals surface area contributed by atoms with Gasteiger partial charge in [0.2, 0.25) is 5.91 Å². The molecule has 1 atom stereocenters. The summed E-state index contributed by atoms with van der Waals surface area (Å²) < 4.78 is 11.0. The van der Waals surface area contributed by atoms with Gasteiger partial charge in [-0.05, 0) is 47.9 Å². The average molecular weight is 387 g/mol. The lowest BCUT2D eigenvalue weighted by Gasteiger charge is -2.25. The lowest BCUT2D eigenvalue weighted by molar-refractivity contribution is -0.134. The molecule has 2 N–H and O–H groups in total. The Morgan fingerprint density at radius 2 is 2.15 bits per heavy atom. The van der Waals surface area contributed by atoms with E-state index < -0.39 is 5.97 Å². The standard InChI is InChI=1S/C20H21NO5S/c1-25-17-5-6-18-14(9-17)8-15(10-26-18)20(24)21-16-4-2-3-13(7-16)11-27-12-19(22)23/h2-7,9,15H,8,10-12H2,1H3,(H,21,24)(H,22,23). The highest BCUT2D eigenvalue weighted by atomic mass is 32.2. The number of aliphatic carboxylic acids is 1. The van der Waals surface area contributed by atoms with Gasteiger partial charge >= 0.3 is 5.97 Å². The topological polar surface area (TPSA) is 84.9 Å². The zero-order valence-electron chi connectivity index (χ0n) is 14.9. The van der Waals surface area contributed by atoms with E-state index in [1.807, 2.05) is 42.5 Å². The molecule has 7 heteroatoms. The van der Waals surface area contributed by atoms with Crippen LogP contribution in [0.4, 0.5) is 5.69 Å². The van der Waals surface area contributed by atoms with Crippen molar-refractivity contribution < 1.29 is 24.2 Å². The van der Waals surface area contributed by atoms with Crippen molar-refractivity contribution in [3.63, 3.8) is 0 Å². The fourth-order valence-electron chi connectivity index (χ4n) is 2.91. The van der Waals surface area contributed by atoms with Gasteiger partial charge in [0, 0.05) is 11.4 Å². The number of hydrogen-bond acceptors (Lipinski definition) is 5. The summed E-state index contributed by atoms with van der Waals surface area (Å²) in [6.07, 6.45) is 0.590. The fourth-order valence-corrected chi connectivity index (χ4v) is 3.60. The van der Waals surface area contributed by atoms with Crippen molar-refractivity contribution in [3.8, 4) is 11.5 Å². The van der Waals surface area contributed by atoms with E-state index in [-0.39, 0.29) is 17.6 Å². The predicted octanol–water partition coefficient (Wildman–Crippen LogP) is 3.20. The van der Waals surface area contributed by atoms with Crippen LogP contribution in [0.3, 0.4) is 0 Å². The molecule has 1 unspecified atom stereocenters. The van der Waals surface area contributed by atoms with Crippen LogP contribution >= 0.6 is 11.8 Å². The van der Waals surface area contributed by atoms with Gasteiger partial charge in [0.05, 0.1) is 18.8 Å². The molecule has 0 saturated heterocycles. The first-order chi connectivity index (χ1) is 13.0. The van der Waals surface area contributed by atoms with Crippen molar-refractivity contribution >= 4 is 29.3 Å². The lowest BCUT2D eigenvalue weighted by atomic mass is 9.95. The van der Waals surface area contributed by atoms with Crippen molar-refractivity contribution in [2.45, 2.75) is 12.2 Å². The summed E-state index contributed by atoms with van der Waals surface area (Å²) in [6, 6.07) is 13.1. The molecule has 0 radical (unpaired) electrons. The number of benzene rings is 2. The summed E-state index contributed by atoms with van der Waals surface area (Å²) in [5.74, 6) is 0.948. The third kappa shape index (κ3) is 5.17. The summed E-state index contributed by atoms with van der Waals surface area (Å²) in [6.45, 7) is 0.333. The molecule has 0 bridgehead atoms. The van der Waals surface area contributed by atoms with Crippen LogP contribution < -0.4 is 14.8 Å². The Bertz CT molecular complexity index is 839. The molecular weight excluding hydrogens is 366 g/mol. The summed E-state index contributed by atoms with van der Waals surface area (Å²) in [7, 11) is 1.61. The van der Waals surface area contributed by atoms with Gasteiger partial charge in [-0.25, -0.2) is 0 Å². The van der Waals surface area contributed by atoms with Gasteiger partial charge in [-0.2, -0.15) is 0 Å². The minimum absolute atomic E-state index is 0.0544. The average Bonchev–Trinajstić information content (AvgIpc) is 2.67. The lowest BCUT2D eigenvalue weighted by Crippen LogP contribution is -2.32. The molecule has 1 aliphatic heterocycles. The molecule has 0 spiro atoms. The molecule has 1 amide bonds. The van der Waals surface area contributed by atoms with Gasteiger partial charge in [0.15, 0.2) is 0 Å². The molecule has 0 fully saturated rings. The maximum absolute atomic E-state index is 12.6. The summed E-state index contributed by atoms with van der Waals surface area (Å²) in [5, 5.41) is 11.6. The third-order valence-corrected chi connectivity index (χ3v) is 5.22. The number of carboxylic acid groups (broad SMARTS) is 1. The molecule has 1 aliphatic rings. The van der Waals surface area contributed by atoms with Crippen LogP contribution in [0.5, 0.6) is 11.5 Å². The number of methoxy groups -OCH3 is 1. The number of ether oxygens (including phenoxy) is 2. The van der Waals surface area contributed by atoms with Gasteiger partial charge in [-0.3, -0.25) is 9.59 Å². The van der Waals surface area contributed by atoms with Gasteiger partial charge in [-0.1, -0.05) is 12.1 Å². The first kappa shape index (κ1) is 19.1. The number of carbonyl (C=O) groups is 2. The van der Waals surface area contributed by atoms with Crippen LogP contribution in [-0.4, -0.2) is 36.5 Å². The van der Waals surface area contributed by atoms with Crippen molar-refractivity contribution in [2.75, 3.05) is 24.8 Å². The molecule has 3 rings (SSSR count). The molecular formula is C20H21NO5S. The number of nitrogens with one attached hydrogen (secondary N) is 1. The number of hydrogen-bond donors (Lipinski definition) is 2. The molecule has 6 nitrogen and oxygen atoms in total. The van der Waals surface area contributed by atoms with E-state index in [4.69, 9.17) is 14.6 Å². The van der Waals surface area contributed by atoms with Gasteiger partial charge in [0.1, 0.15) is 18.1 Å². The smallest absolute Gasteiger partial charge is 0.313 e. The summed E-state index contributed by atoms with van der Waals surface area (Å²) >= 11 is 1.32.